The van der Waals surface area contributed by atoms with Gasteiger partial charge in [-0.2, -0.15) is 0 Å². The number of hydrogen-bond donors (Lipinski definition) is 0. The third-order valence-corrected chi connectivity index (χ3v) is 4.88. The van der Waals surface area contributed by atoms with E-state index in [1.807, 2.05) is 12.1 Å². The van der Waals surface area contributed by atoms with Crippen molar-refractivity contribution in [3.8, 4) is 17.2 Å². The summed E-state index contributed by atoms with van der Waals surface area (Å²) in [4.78, 5) is 0. The van der Waals surface area contributed by atoms with Crippen molar-refractivity contribution in [2.75, 3.05) is 13.2 Å². The first-order valence-corrected chi connectivity index (χ1v) is 10.4. The molecule has 0 N–H and O–H groups in total. The average Bonchev–Trinajstić information content (AvgIpc) is 2.76. The van der Waals surface area contributed by atoms with E-state index in [4.69, 9.17) is 14.2 Å². The highest BCUT2D eigenvalue weighted by Gasteiger charge is 2.21. The zero-order valence-electron chi connectivity index (χ0n) is 18.2. The van der Waals surface area contributed by atoms with Crippen LogP contribution in [0.1, 0.15) is 38.3 Å². The van der Waals surface area contributed by atoms with Crippen molar-refractivity contribution in [3.63, 3.8) is 0 Å². The topological polar surface area (TPSA) is 27.7 Å². The van der Waals surface area contributed by atoms with E-state index >= 15 is 0 Å². The van der Waals surface area contributed by atoms with Gasteiger partial charge in [-0.15, -0.1) is 0 Å². The maximum Gasteiger partial charge on any atom is 0.165 e. The van der Waals surface area contributed by atoms with E-state index in [2.05, 4.69) is 32.9 Å². The summed E-state index contributed by atoms with van der Waals surface area (Å²) < 4.78 is 44.3. The van der Waals surface area contributed by atoms with E-state index in [-0.39, 0.29) is 17.0 Å². The average molecular weight is 427 g/mol. The molecule has 0 saturated carbocycles. The van der Waals surface area contributed by atoms with Crippen molar-refractivity contribution >= 4 is 0 Å². The lowest BCUT2D eigenvalue weighted by Crippen LogP contribution is -2.24. The van der Waals surface area contributed by atoms with Crippen molar-refractivity contribution < 1.29 is 23.0 Å². The number of hydrogen-bond acceptors (Lipinski definition) is 3. The van der Waals surface area contributed by atoms with Crippen LogP contribution in [0, 0.1) is 11.6 Å². The SMILES string of the molecule is CCCOc1ccc(C(C)(C)COCc2ccc(F)c(Oc3ccc(F)cc3)c2)cc1. The Balaban J connectivity index is 1.58. The largest absolute Gasteiger partial charge is 0.494 e. The molecule has 0 unspecified atom stereocenters. The van der Waals surface area contributed by atoms with Crippen molar-refractivity contribution in [2.45, 2.75) is 39.2 Å². The molecule has 3 nitrogen and oxygen atoms in total. The summed E-state index contributed by atoms with van der Waals surface area (Å²) >= 11 is 0. The van der Waals surface area contributed by atoms with Gasteiger partial charge >= 0.3 is 0 Å². The summed E-state index contributed by atoms with van der Waals surface area (Å²) in [5.74, 6) is 0.447. The lowest BCUT2D eigenvalue weighted by atomic mass is 9.85. The molecule has 164 valence electrons. The summed E-state index contributed by atoms with van der Waals surface area (Å²) in [5.41, 5.74) is 1.74. The molecule has 0 fully saturated rings. The number of rotatable bonds is 10. The fourth-order valence-corrected chi connectivity index (χ4v) is 3.08. The molecule has 0 aromatic heterocycles. The molecule has 0 amide bonds. The summed E-state index contributed by atoms with van der Waals surface area (Å²) in [6, 6.07) is 18.1. The van der Waals surface area contributed by atoms with Crippen LogP contribution < -0.4 is 9.47 Å². The monoisotopic (exact) mass is 426 g/mol. The first-order valence-electron chi connectivity index (χ1n) is 10.4. The molecule has 0 atom stereocenters. The fourth-order valence-electron chi connectivity index (χ4n) is 3.08. The first-order chi connectivity index (χ1) is 14.9. The van der Waals surface area contributed by atoms with Crippen LogP contribution in [0.3, 0.4) is 0 Å². The molecule has 0 spiro atoms. The van der Waals surface area contributed by atoms with Gasteiger partial charge in [-0.05, 0) is 66.1 Å². The molecule has 0 aliphatic carbocycles. The molecule has 5 heteroatoms. The van der Waals surface area contributed by atoms with E-state index in [1.54, 1.807) is 12.1 Å². The minimum Gasteiger partial charge on any atom is -0.494 e. The highest BCUT2D eigenvalue weighted by molar-refractivity contribution is 5.35. The van der Waals surface area contributed by atoms with Gasteiger partial charge in [0.15, 0.2) is 11.6 Å². The Bertz CT molecular complexity index is 967. The van der Waals surface area contributed by atoms with Crippen LogP contribution in [0.2, 0.25) is 0 Å². The van der Waals surface area contributed by atoms with Crippen LogP contribution in [-0.2, 0) is 16.8 Å². The smallest absolute Gasteiger partial charge is 0.165 e. The maximum atomic E-state index is 14.1. The quantitative estimate of drug-likeness (QED) is 0.348. The van der Waals surface area contributed by atoms with Gasteiger partial charge in [0.2, 0.25) is 0 Å². The zero-order valence-corrected chi connectivity index (χ0v) is 18.2. The highest BCUT2D eigenvalue weighted by Crippen LogP contribution is 2.28. The van der Waals surface area contributed by atoms with Gasteiger partial charge in [0.05, 0.1) is 19.8 Å². The van der Waals surface area contributed by atoms with Crippen LogP contribution in [0.5, 0.6) is 17.2 Å². The molecular formula is C26H28F2O3. The molecule has 0 bridgehead atoms. The zero-order chi connectivity index (χ0) is 22.3. The van der Waals surface area contributed by atoms with Crippen molar-refractivity contribution in [2.24, 2.45) is 0 Å². The van der Waals surface area contributed by atoms with Crippen LogP contribution in [-0.4, -0.2) is 13.2 Å². The predicted octanol–water partition coefficient (Wildman–Crippen LogP) is 7.04. The Morgan fingerprint density at radius 1 is 0.839 bits per heavy atom. The maximum absolute atomic E-state index is 14.1. The number of ether oxygens (including phenoxy) is 3. The standard InChI is InChI=1S/C26H28F2O3/c1-4-15-30-22-10-6-20(7-11-22)26(2,3)18-29-17-19-5-14-24(28)25(16-19)31-23-12-8-21(27)9-13-23/h5-14,16H,4,15,17-18H2,1-3H3. The van der Waals surface area contributed by atoms with Crippen LogP contribution >= 0.6 is 0 Å². The molecular weight excluding hydrogens is 398 g/mol. The second-order valence-corrected chi connectivity index (χ2v) is 8.07. The Labute approximate surface area is 182 Å². The Hall–Kier alpha value is -2.92. The molecule has 0 aliphatic heterocycles. The van der Waals surface area contributed by atoms with Gasteiger partial charge < -0.3 is 14.2 Å². The summed E-state index contributed by atoms with van der Waals surface area (Å²) in [6.07, 6.45) is 0.973. The van der Waals surface area contributed by atoms with E-state index in [9.17, 15) is 8.78 Å². The van der Waals surface area contributed by atoms with Gasteiger partial charge in [0.25, 0.3) is 0 Å². The molecule has 0 saturated heterocycles. The Morgan fingerprint density at radius 3 is 2.19 bits per heavy atom. The van der Waals surface area contributed by atoms with Crippen LogP contribution in [0.25, 0.3) is 0 Å². The molecule has 0 heterocycles. The third kappa shape index (κ3) is 6.53. The van der Waals surface area contributed by atoms with Crippen molar-refractivity contribution in [1.29, 1.82) is 0 Å². The summed E-state index contributed by atoms with van der Waals surface area (Å²) in [5, 5.41) is 0. The molecule has 3 aromatic carbocycles. The lowest BCUT2D eigenvalue weighted by molar-refractivity contribution is 0.0823. The van der Waals surface area contributed by atoms with E-state index in [0.29, 0.717) is 25.6 Å². The summed E-state index contributed by atoms with van der Waals surface area (Å²) in [6.45, 7) is 7.82. The predicted molar refractivity (Wildman–Crippen MR) is 118 cm³/mol. The molecule has 3 aromatic rings. The number of halogens is 2. The summed E-state index contributed by atoms with van der Waals surface area (Å²) in [7, 11) is 0. The second kappa shape index (κ2) is 10.4. The first kappa shape index (κ1) is 22.8. The van der Waals surface area contributed by atoms with Gasteiger partial charge in [0, 0.05) is 5.41 Å². The lowest BCUT2D eigenvalue weighted by Gasteiger charge is -2.25. The van der Waals surface area contributed by atoms with Crippen LogP contribution in [0.4, 0.5) is 8.78 Å². The molecule has 0 aliphatic rings. The molecule has 3 rings (SSSR count). The molecule has 0 radical (unpaired) electrons. The third-order valence-electron chi connectivity index (χ3n) is 4.88. The minimum absolute atomic E-state index is 0.0784. The van der Waals surface area contributed by atoms with Gasteiger partial charge in [-0.25, -0.2) is 8.78 Å². The second-order valence-electron chi connectivity index (χ2n) is 8.07. The van der Waals surface area contributed by atoms with Crippen molar-refractivity contribution in [1.82, 2.24) is 0 Å². The minimum atomic E-state index is -0.487. The van der Waals surface area contributed by atoms with Gasteiger partial charge in [0.1, 0.15) is 17.3 Å². The Morgan fingerprint density at radius 2 is 1.52 bits per heavy atom. The van der Waals surface area contributed by atoms with E-state index in [1.165, 1.54) is 30.3 Å². The number of benzene rings is 3. The van der Waals surface area contributed by atoms with Gasteiger partial charge in [-0.1, -0.05) is 39.0 Å². The molecule has 31 heavy (non-hydrogen) atoms. The normalized spacial score (nSPS) is 11.4. The van der Waals surface area contributed by atoms with E-state index < -0.39 is 5.82 Å². The fraction of sp³-hybridized carbons (Fsp3) is 0.308. The van der Waals surface area contributed by atoms with Crippen molar-refractivity contribution in [3.05, 3.63) is 89.5 Å². The van der Waals surface area contributed by atoms with Crippen LogP contribution in [0.15, 0.2) is 66.7 Å². The van der Waals surface area contributed by atoms with Gasteiger partial charge in [-0.3, -0.25) is 0 Å². The Kier molecular flexibility index (Phi) is 7.64. The highest BCUT2D eigenvalue weighted by atomic mass is 19.1. The van der Waals surface area contributed by atoms with E-state index in [0.717, 1.165) is 23.3 Å².